The second-order valence-electron chi connectivity index (χ2n) is 3.81. The molecule has 0 aliphatic rings. The van der Waals surface area contributed by atoms with Crippen LogP contribution in [0.4, 0.5) is 5.69 Å². The van der Waals surface area contributed by atoms with Crippen molar-refractivity contribution in [2.45, 2.75) is 10.6 Å². The molecule has 0 saturated heterocycles. The molecule has 4 nitrogen and oxygen atoms in total. The van der Waals surface area contributed by atoms with Gasteiger partial charge in [0.05, 0.1) is 16.3 Å². The van der Waals surface area contributed by atoms with Gasteiger partial charge in [0.25, 0.3) is 5.69 Å². The van der Waals surface area contributed by atoms with Gasteiger partial charge in [-0.1, -0.05) is 11.8 Å². The summed E-state index contributed by atoms with van der Waals surface area (Å²) < 4.78 is 0. The van der Waals surface area contributed by atoms with Crippen LogP contribution in [-0.2, 0) is 5.75 Å². The summed E-state index contributed by atoms with van der Waals surface area (Å²) in [6.07, 6.45) is 0. The maximum Gasteiger partial charge on any atom is 0.269 e. The van der Waals surface area contributed by atoms with Crippen molar-refractivity contribution in [3.63, 3.8) is 0 Å². The van der Waals surface area contributed by atoms with E-state index in [2.05, 4.69) is 11.8 Å². The molecule has 2 aromatic rings. The van der Waals surface area contributed by atoms with Gasteiger partial charge in [-0.25, -0.2) is 0 Å². The van der Waals surface area contributed by atoms with E-state index in [-0.39, 0.29) is 5.69 Å². The normalized spacial score (nSPS) is 9.85. The van der Waals surface area contributed by atoms with E-state index in [9.17, 15) is 10.1 Å². The largest absolute Gasteiger partial charge is 0.320 e. The van der Waals surface area contributed by atoms with Gasteiger partial charge in [0.1, 0.15) is 0 Å². The highest BCUT2D eigenvalue weighted by atomic mass is 32.2. The molecule has 102 valence electrons. The minimum Gasteiger partial charge on any atom is -0.320 e. The molecule has 0 bridgehead atoms. The number of thiophene rings is 1. The number of nitrogens with two attached hydrogens (primary N) is 1. The van der Waals surface area contributed by atoms with E-state index in [1.165, 1.54) is 17.0 Å². The molecule has 0 aliphatic carbocycles. The quantitative estimate of drug-likeness (QED) is 0.407. The molecule has 1 aromatic heterocycles. The number of nitro groups is 1. The Morgan fingerprint density at radius 2 is 2.00 bits per heavy atom. The Balaban J connectivity index is 1.94. The molecule has 2 rings (SSSR count). The molecule has 0 saturated carbocycles. The van der Waals surface area contributed by atoms with Crippen molar-refractivity contribution in [3.05, 3.63) is 56.3 Å². The Morgan fingerprint density at radius 1 is 1.25 bits per heavy atom. The molecule has 0 fully saturated rings. The number of nitro benzene ring substituents is 1. The summed E-state index contributed by atoms with van der Waals surface area (Å²) in [5.41, 5.74) is 5.45. The standard InChI is InChI=1S/C14H12N2O2S2/c15-9-1-2-13-7-8-14(20-13)10-19-12-5-3-11(4-6-12)16(17)18/h3-8H,9-10,15H2. The number of benzene rings is 1. The molecule has 2 N–H and O–H groups in total. The van der Waals surface area contributed by atoms with Crippen molar-refractivity contribution in [2.75, 3.05) is 6.54 Å². The number of hydrogen-bond acceptors (Lipinski definition) is 5. The third-order valence-electron chi connectivity index (χ3n) is 2.40. The summed E-state index contributed by atoms with van der Waals surface area (Å²) in [7, 11) is 0. The second kappa shape index (κ2) is 7.10. The lowest BCUT2D eigenvalue weighted by Gasteiger charge is -1.99. The van der Waals surface area contributed by atoms with Crippen LogP contribution in [0.25, 0.3) is 0 Å². The molecule has 20 heavy (non-hydrogen) atoms. The van der Waals surface area contributed by atoms with Gasteiger partial charge in [0.2, 0.25) is 0 Å². The fourth-order valence-electron chi connectivity index (χ4n) is 1.48. The van der Waals surface area contributed by atoms with Crippen molar-refractivity contribution in [2.24, 2.45) is 5.73 Å². The van der Waals surface area contributed by atoms with Gasteiger partial charge in [-0.15, -0.1) is 23.1 Å². The second-order valence-corrected chi connectivity index (χ2v) is 6.03. The van der Waals surface area contributed by atoms with E-state index in [1.54, 1.807) is 35.2 Å². The van der Waals surface area contributed by atoms with Crippen LogP contribution in [0.3, 0.4) is 0 Å². The first-order chi connectivity index (χ1) is 9.69. The molecule has 0 spiro atoms. The molecule has 0 amide bonds. The lowest BCUT2D eigenvalue weighted by Crippen LogP contribution is -1.92. The SMILES string of the molecule is NCC#Cc1ccc(CSc2ccc([N+](=O)[O-])cc2)s1. The predicted octanol–water partition coefficient (Wildman–Crippen LogP) is 3.26. The van der Waals surface area contributed by atoms with Crippen LogP contribution in [-0.4, -0.2) is 11.5 Å². The number of rotatable bonds is 4. The van der Waals surface area contributed by atoms with Crippen LogP contribution < -0.4 is 5.73 Å². The van der Waals surface area contributed by atoms with Crippen molar-refractivity contribution >= 4 is 28.8 Å². The Morgan fingerprint density at radius 3 is 2.65 bits per heavy atom. The van der Waals surface area contributed by atoms with Gasteiger partial charge >= 0.3 is 0 Å². The van der Waals surface area contributed by atoms with Crippen molar-refractivity contribution < 1.29 is 4.92 Å². The maximum absolute atomic E-state index is 10.6. The van der Waals surface area contributed by atoms with Gasteiger partial charge in [-0.3, -0.25) is 10.1 Å². The molecular formula is C14H12N2O2S2. The number of thioether (sulfide) groups is 1. The van der Waals surface area contributed by atoms with Crippen LogP contribution in [0.5, 0.6) is 0 Å². The van der Waals surface area contributed by atoms with E-state index in [0.717, 1.165) is 15.5 Å². The molecule has 1 heterocycles. The highest BCUT2D eigenvalue weighted by molar-refractivity contribution is 7.98. The van der Waals surface area contributed by atoms with Crippen molar-refractivity contribution in [1.82, 2.24) is 0 Å². The fourth-order valence-corrected chi connectivity index (χ4v) is 3.30. The lowest BCUT2D eigenvalue weighted by molar-refractivity contribution is -0.384. The summed E-state index contributed by atoms with van der Waals surface area (Å²) in [6.45, 7) is 0.366. The van der Waals surface area contributed by atoms with Gasteiger partial charge in [0.15, 0.2) is 0 Å². The Labute approximate surface area is 125 Å². The smallest absolute Gasteiger partial charge is 0.269 e. The highest BCUT2D eigenvalue weighted by Gasteiger charge is 2.05. The third-order valence-corrected chi connectivity index (χ3v) is 4.65. The van der Waals surface area contributed by atoms with Gasteiger partial charge < -0.3 is 5.73 Å². The average molecular weight is 304 g/mol. The molecular weight excluding hydrogens is 292 g/mol. The van der Waals surface area contributed by atoms with E-state index in [0.29, 0.717) is 6.54 Å². The molecule has 0 radical (unpaired) electrons. The fraction of sp³-hybridized carbons (Fsp3) is 0.143. The van der Waals surface area contributed by atoms with E-state index < -0.39 is 4.92 Å². The number of hydrogen-bond donors (Lipinski definition) is 1. The zero-order chi connectivity index (χ0) is 14.4. The zero-order valence-corrected chi connectivity index (χ0v) is 12.2. The highest BCUT2D eigenvalue weighted by Crippen LogP contribution is 2.27. The first-order valence-electron chi connectivity index (χ1n) is 5.84. The van der Waals surface area contributed by atoms with Crippen LogP contribution in [0.2, 0.25) is 0 Å². The van der Waals surface area contributed by atoms with Crippen LogP contribution >= 0.6 is 23.1 Å². The van der Waals surface area contributed by atoms with Gasteiger partial charge in [0, 0.05) is 27.7 Å². The van der Waals surface area contributed by atoms with Gasteiger partial charge in [-0.05, 0) is 24.3 Å². The van der Waals surface area contributed by atoms with Crippen molar-refractivity contribution in [3.8, 4) is 11.8 Å². The summed E-state index contributed by atoms with van der Waals surface area (Å²) in [4.78, 5) is 13.4. The number of nitrogens with zero attached hydrogens (tertiary/aromatic N) is 1. The third kappa shape index (κ3) is 4.10. The lowest BCUT2D eigenvalue weighted by atomic mass is 10.3. The first kappa shape index (κ1) is 14.6. The average Bonchev–Trinajstić information content (AvgIpc) is 2.91. The Kier molecular flexibility index (Phi) is 5.18. The Hall–Kier alpha value is -1.81. The summed E-state index contributed by atoms with van der Waals surface area (Å²) in [5, 5.41) is 10.6. The summed E-state index contributed by atoms with van der Waals surface area (Å²) >= 11 is 3.29. The number of non-ortho nitro benzene ring substituents is 1. The topological polar surface area (TPSA) is 69.2 Å². The van der Waals surface area contributed by atoms with Gasteiger partial charge in [-0.2, -0.15) is 0 Å². The van der Waals surface area contributed by atoms with Crippen molar-refractivity contribution in [1.29, 1.82) is 0 Å². The summed E-state index contributed by atoms with van der Waals surface area (Å²) in [6, 6.07) is 10.6. The molecule has 0 unspecified atom stereocenters. The predicted molar refractivity (Wildman–Crippen MR) is 82.9 cm³/mol. The molecule has 0 aliphatic heterocycles. The van der Waals surface area contributed by atoms with Crippen LogP contribution in [0.15, 0.2) is 41.3 Å². The first-order valence-corrected chi connectivity index (χ1v) is 7.64. The molecule has 0 atom stereocenters. The summed E-state index contributed by atoms with van der Waals surface area (Å²) in [5.74, 6) is 6.65. The maximum atomic E-state index is 10.6. The monoisotopic (exact) mass is 304 g/mol. The molecule has 6 heteroatoms. The van der Waals surface area contributed by atoms with E-state index >= 15 is 0 Å². The van der Waals surface area contributed by atoms with E-state index in [1.807, 2.05) is 12.1 Å². The van der Waals surface area contributed by atoms with Crippen LogP contribution in [0.1, 0.15) is 9.75 Å². The van der Waals surface area contributed by atoms with E-state index in [4.69, 9.17) is 5.73 Å². The minimum absolute atomic E-state index is 0.116. The zero-order valence-electron chi connectivity index (χ0n) is 10.5. The molecule has 1 aromatic carbocycles. The Bertz CT molecular complexity index is 654. The minimum atomic E-state index is -0.393. The van der Waals surface area contributed by atoms with Crippen LogP contribution in [0, 0.1) is 22.0 Å².